The lowest BCUT2D eigenvalue weighted by Gasteiger charge is -2.12. The fourth-order valence-corrected chi connectivity index (χ4v) is 1.26. The molecule has 1 aromatic rings. The zero-order valence-corrected chi connectivity index (χ0v) is 9.63. The first kappa shape index (κ1) is 11.0. The minimum atomic E-state index is 0.407. The molecule has 0 aliphatic carbocycles. The average molecular weight is 193 g/mol. The summed E-state index contributed by atoms with van der Waals surface area (Å²) >= 11 is 0. The monoisotopic (exact) mass is 193 g/mol. The highest BCUT2D eigenvalue weighted by atomic mass is 15.0. The van der Waals surface area contributed by atoms with Crippen LogP contribution in [0.2, 0.25) is 0 Å². The maximum atomic E-state index is 4.39. The Labute approximate surface area is 86.0 Å². The van der Waals surface area contributed by atoms with Crippen LogP contribution in [0.25, 0.3) is 0 Å². The molecular formula is C11H19N3. The Balaban J connectivity index is 2.95. The first-order valence-electron chi connectivity index (χ1n) is 5.11. The summed E-state index contributed by atoms with van der Waals surface area (Å²) in [6, 6.07) is 2.43. The first-order chi connectivity index (χ1) is 6.49. The van der Waals surface area contributed by atoms with Gasteiger partial charge in [-0.3, -0.25) is 0 Å². The lowest BCUT2D eigenvalue weighted by molar-refractivity contribution is 0.796. The van der Waals surface area contributed by atoms with Crippen molar-refractivity contribution < 1.29 is 0 Å². The third kappa shape index (κ3) is 2.98. The Morgan fingerprint density at radius 1 is 1.14 bits per heavy atom. The van der Waals surface area contributed by atoms with Crippen LogP contribution in [0.1, 0.15) is 45.1 Å². The number of aryl methyl sites for hydroxylation is 1. The molecule has 1 aromatic heterocycles. The largest absolute Gasteiger partial charge is 0.368 e. The van der Waals surface area contributed by atoms with Crippen molar-refractivity contribution in [1.82, 2.24) is 9.97 Å². The van der Waals surface area contributed by atoms with E-state index in [0.717, 1.165) is 17.3 Å². The molecule has 0 saturated carbocycles. The molecule has 0 aliphatic rings. The van der Waals surface area contributed by atoms with E-state index in [2.05, 4.69) is 43.0 Å². The maximum Gasteiger partial charge on any atom is 0.130 e. The van der Waals surface area contributed by atoms with Gasteiger partial charge >= 0.3 is 0 Å². The smallest absolute Gasteiger partial charge is 0.130 e. The number of hydrogen-bond acceptors (Lipinski definition) is 3. The zero-order valence-electron chi connectivity index (χ0n) is 9.63. The fraction of sp³-hybridized carbons (Fsp3) is 0.636. The highest BCUT2D eigenvalue weighted by molar-refractivity contribution is 5.37. The predicted molar refractivity (Wildman–Crippen MR) is 59.6 cm³/mol. The van der Waals surface area contributed by atoms with Crippen molar-refractivity contribution in [1.29, 1.82) is 0 Å². The van der Waals surface area contributed by atoms with Gasteiger partial charge in [0.2, 0.25) is 0 Å². The van der Waals surface area contributed by atoms with Crippen LogP contribution < -0.4 is 5.32 Å². The first-order valence-corrected chi connectivity index (χ1v) is 5.11. The van der Waals surface area contributed by atoms with Gasteiger partial charge in [0, 0.05) is 17.8 Å². The standard InChI is InChI=1S/C11H19N3/c1-7(2)10-6-11(12-8(3)4)14-9(5)13-10/h6-8H,1-5H3,(H,12,13,14). The molecule has 0 amide bonds. The SMILES string of the molecule is Cc1nc(NC(C)C)cc(C(C)C)n1. The molecule has 0 aliphatic heterocycles. The van der Waals surface area contributed by atoms with Crippen molar-refractivity contribution >= 4 is 5.82 Å². The molecule has 0 atom stereocenters. The van der Waals surface area contributed by atoms with Crippen molar-refractivity contribution in [2.75, 3.05) is 5.32 Å². The Hall–Kier alpha value is -1.12. The van der Waals surface area contributed by atoms with Gasteiger partial charge in [-0.2, -0.15) is 0 Å². The third-order valence-corrected chi connectivity index (χ3v) is 1.89. The van der Waals surface area contributed by atoms with Gasteiger partial charge in [-0.25, -0.2) is 9.97 Å². The van der Waals surface area contributed by atoms with Gasteiger partial charge in [0.1, 0.15) is 11.6 Å². The van der Waals surface area contributed by atoms with E-state index < -0.39 is 0 Å². The van der Waals surface area contributed by atoms with E-state index in [1.165, 1.54) is 0 Å². The van der Waals surface area contributed by atoms with Crippen molar-refractivity contribution in [3.63, 3.8) is 0 Å². The van der Waals surface area contributed by atoms with Gasteiger partial charge in [0.15, 0.2) is 0 Å². The molecule has 14 heavy (non-hydrogen) atoms. The van der Waals surface area contributed by atoms with E-state index in [9.17, 15) is 0 Å². The van der Waals surface area contributed by atoms with Gasteiger partial charge in [-0.1, -0.05) is 13.8 Å². The van der Waals surface area contributed by atoms with Crippen molar-refractivity contribution in [3.8, 4) is 0 Å². The molecule has 0 bridgehead atoms. The summed E-state index contributed by atoms with van der Waals surface area (Å²) in [6.45, 7) is 10.4. The third-order valence-electron chi connectivity index (χ3n) is 1.89. The van der Waals surface area contributed by atoms with Crippen molar-refractivity contribution in [2.24, 2.45) is 0 Å². The number of rotatable bonds is 3. The summed E-state index contributed by atoms with van der Waals surface area (Å²) in [7, 11) is 0. The second-order valence-corrected chi connectivity index (χ2v) is 4.18. The van der Waals surface area contributed by atoms with Crippen molar-refractivity contribution in [2.45, 2.75) is 46.6 Å². The maximum absolute atomic E-state index is 4.39. The summed E-state index contributed by atoms with van der Waals surface area (Å²) in [5, 5.41) is 3.29. The van der Waals surface area contributed by atoms with Crippen molar-refractivity contribution in [3.05, 3.63) is 17.6 Å². The van der Waals surface area contributed by atoms with Gasteiger partial charge < -0.3 is 5.32 Å². The molecule has 0 unspecified atom stereocenters. The number of hydrogen-bond donors (Lipinski definition) is 1. The van der Waals surface area contributed by atoms with Crippen LogP contribution in [0.4, 0.5) is 5.82 Å². The van der Waals surface area contributed by atoms with E-state index in [4.69, 9.17) is 0 Å². The molecule has 3 heteroatoms. The molecule has 0 aromatic carbocycles. The van der Waals surface area contributed by atoms with E-state index in [0.29, 0.717) is 12.0 Å². The lowest BCUT2D eigenvalue weighted by atomic mass is 10.1. The summed E-state index contributed by atoms with van der Waals surface area (Å²) in [4.78, 5) is 8.72. The minimum Gasteiger partial charge on any atom is -0.368 e. The molecule has 1 rings (SSSR count). The number of anilines is 1. The quantitative estimate of drug-likeness (QED) is 0.802. The molecule has 0 saturated heterocycles. The van der Waals surface area contributed by atoms with E-state index in [1.807, 2.05) is 13.0 Å². The van der Waals surface area contributed by atoms with E-state index in [-0.39, 0.29) is 0 Å². The Bertz CT molecular complexity index is 305. The van der Waals surface area contributed by atoms with Crippen LogP contribution in [-0.2, 0) is 0 Å². The molecule has 3 nitrogen and oxygen atoms in total. The van der Waals surface area contributed by atoms with Crippen LogP contribution in [0.5, 0.6) is 0 Å². The molecule has 1 N–H and O–H groups in total. The molecule has 0 radical (unpaired) electrons. The summed E-state index contributed by atoms with van der Waals surface area (Å²) in [5.74, 6) is 2.21. The Morgan fingerprint density at radius 3 is 2.29 bits per heavy atom. The topological polar surface area (TPSA) is 37.8 Å². The summed E-state index contributed by atoms with van der Waals surface area (Å²) in [6.07, 6.45) is 0. The zero-order chi connectivity index (χ0) is 10.7. The highest BCUT2D eigenvalue weighted by Gasteiger charge is 2.05. The molecular weight excluding hydrogens is 174 g/mol. The van der Waals surface area contributed by atoms with Crippen LogP contribution >= 0.6 is 0 Å². The second kappa shape index (κ2) is 4.40. The van der Waals surface area contributed by atoms with Gasteiger partial charge in [0.05, 0.1) is 0 Å². The number of nitrogens with one attached hydrogen (secondary N) is 1. The van der Waals surface area contributed by atoms with E-state index >= 15 is 0 Å². The minimum absolute atomic E-state index is 0.407. The fourth-order valence-electron chi connectivity index (χ4n) is 1.26. The normalized spacial score (nSPS) is 11.1. The predicted octanol–water partition coefficient (Wildman–Crippen LogP) is 2.73. The molecule has 0 fully saturated rings. The van der Waals surface area contributed by atoms with E-state index in [1.54, 1.807) is 0 Å². The van der Waals surface area contributed by atoms with Gasteiger partial charge in [-0.15, -0.1) is 0 Å². The van der Waals surface area contributed by atoms with Crippen LogP contribution in [-0.4, -0.2) is 16.0 Å². The Kier molecular flexibility index (Phi) is 3.44. The molecule has 0 spiro atoms. The summed E-state index contributed by atoms with van der Waals surface area (Å²) in [5.41, 5.74) is 1.10. The average Bonchev–Trinajstić information content (AvgIpc) is 2.01. The Morgan fingerprint density at radius 2 is 1.79 bits per heavy atom. The second-order valence-electron chi connectivity index (χ2n) is 4.18. The number of nitrogens with zero attached hydrogens (tertiary/aromatic N) is 2. The number of aromatic nitrogens is 2. The van der Waals surface area contributed by atoms with Crippen LogP contribution in [0.15, 0.2) is 6.07 Å². The highest BCUT2D eigenvalue weighted by Crippen LogP contribution is 2.15. The van der Waals surface area contributed by atoms with Crippen LogP contribution in [0.3, 0.4) is 0 Å². The lowest BCUT2D eigenvalue weighted by Crippen LogP contribution is -2.12. The summed E-state index contributed by atoms with van der Waals surface area (Å²) < 4.78 is 0. The van der Waals surface area contributed by atoms with Gasteiger partial charge in [0.25, 0.3) is 0 Å². The van der Waals surface area contributed by atoms with Crippen LogP contribution in [0, 0.1) is 6.92 Å². The molecule has 1 heterocycles. The van der Waals surface area contributed by atoms with Gasteiger partial charge in [-0.05, 0) is 26.7 Å². The molecule has 78 valence electrons.